The third kappa shape index (κ3) is 7.48. The molecule has 138 valence electrons. The summed E-state index contributed by atoms with van der Waals surface area (Å²) in [6, 6.07) is 12.4. The molecule has 0 spiro atoms. The average Bonchev–Trinajstić information content (AvgIpc) is 2.59. The van der Waals surface area contributed by atoms with Crippen LogP contribution in [0.1, 0.15) is 16.7 Å². The zero-order valence-corrected chi connectivity index (χ0v) is 13.7. The molecule has 0 atom stereocenters. The molecule has 0 aliphatic heterocycles. The van der Waals surface area contributed by atoms with Gasteiger partial charge in [-0.25, -0.2) is 4.39 Å². The molecule has 0 aliphatic rings. The predicted molar refractivity (Wildman–Crippen MR) is 89.4 cm³/mol. The minimum absolute atomic E-state index is 0.132. The highest BCUT2D eigenvalue weighted by Gasteiger charge is 2.27. The number of benzene rings is 2. The lowest BCUT2D eigenvalue weighted by Crippen LogP contribution is -2.20. The summed E-state index contributed by atoms with van der Waals surface area (Å²) >= 11 is 0. The number of halogens is 4. The summed E-state index contributed by atoms with van der Waals surface area (Å²) in [5.74, 6) is -0.661. The molecule has 0 bridgehead atoms. The molecule has 0 saturated carbocycles. The van der Waals surface area contributed by atoms with E-state index in [2.05, 4.69) is 10.1 Å². The molecule has 2 rings (SSSR count). The third-order valence-electron chi connectivity index (χ3n) is 3.32. The SMILES string of the molecule is O=C(/C=C/c1ccc(F)cc1)NCc1ccc(COCC(F)(F)F)cc1. The van der Waals surface area contributed by atoms with Crippen LogP contribution in [0, 0.1) is 5.82 Å². The molecule has 0 aromatic heterocycles. The van der Waals surface area contributed by atoms with E-state index >= 15 is 0 Å². The second kappa shape index (κ2) is 9.15. The van der Waals surface area contributed by atoms with Crippen LogP contribution in [0.5, 0.6) is 0 Å². The lowest BCUT2D eigenvalue weighted by atomic mass is 10.1. The quantitative estimate of drug-likeness (QED) is 0.587. The Bertz CT molecular complexity index is 738. The van der Waals surface area contributed by atoms with Crippen LogP contribution in [-0.4, -0.2) is 18.7 Å². The van der Waals surface area contributed by atoms with E-state index < -0.39 is 12.8 Å². The van der Waals surface area contributed by atoms with Gasteiger partial charge < -0.3 is 10.1 Å². The molecule has 0 saturated heterocycles. The molecule has 0 heterocycles. The van der Waals surface area contributed by atoms with Gasteiger partial charge in [0, 0.05) is 12.6 Å². The summed E-state index contributed by atoms with van der Waals surface area (Å²) < 4.78 is 53.4. The van der Waals surface area contributed by atoms with E-state index in [0.29, 0.717) is 11.1 Å². The van der Waals surface area contributed by atoms with Gasteiger partial charge in [0.1, 0.15) is 12.4 Å². The molecule has 0 fully saturated rings. The maximum absolute atomic E-state index is 12.8. The zero-order valence-electron chi connectivity index (χ0n) is 13.7. The second-order valence-corrected chi connectivity index (χ2v) is 5.53. The van der Waals surface area contributed by atoms with Crippen molar-refractivity contribution >= 4 is 12.0 Å². The smallest absolute Gasteiger partial charge is 0.367 e. The van der Waals surface area contributed by atoms with Crippen molar-refractivity contribution in [3.05, 3.63) is 77.1 Å². The molecule has 7 heteroatoms. The molecular formula is C19H17F4NO2. The fourth-order valence-corrected chi connectivity index (χ4v) is 2.03. The summed E-state index contributed by atoms with van der Waals surface area (Å²) in [6.07, 6.45) is -1.44. The van der Waals surface area contributed by atoms with Crippen molar-refractivity contribution in [2.45, 2.75) is 19.3 Å². The van der Waals surface area contributed by atoms with Crippen molar-refractivity contribution in [2.24, 2.45) is 0 Å². The van der Waals surface area contributed by atoms with E-state index in [1.54, 1.807) is 42.5 Å². The molecule has 2 aromatic rings. The van der Waals surface area contributed by atoms with Gasteiger partial charge in [-0.15, -0.1) is 0 Å². The van der Waals surface area contributed by atoms with Crippen molar-refractivity contribution in [2.75, 3.05) is 6.61 Å². The highest BCUT2D eigenvalue weighted by molar-refractivity contribution is 5.91. The first-order valence-electron chi connectivity index (χ1n) is 7.76. The zero-order chi connectivity index (χ0) is 19.0. The minimum atomic E-state index is -4.34. The molecule has 0 radical (unpaired) electrons. The minimum Gasteiger partial charge on any atom is -0.367 e. The van der Waals surface area contributed by atoms with Crippen LogP contribution < -0.4 is 5.32 Å². The predicted octanol–water partition coefficient (Wildman–Crippen LogP) is 4.23. The van der Waals surface area contributed by atoms with Crippen LogP contribution >= 0.6 is 0 Å². The molecule has 0 aliphatic carbocycles. The van der Waals surface area contributed by atoms with E-state index in [4.69, 9.17) is 0 Å². The van der Waals surface area contributed by atoms with Gasteiger partial charge in [-0.1, -0.05) is 36.4 Å². The van der Waals surface area contributed by atoms with Crippen LogP contribution in [0.4, 0.5) is 17.6 Å². The summed E-state index contributed by atoms with van der Waals surface area (Å²) in [5, 5.41) is 2.68. The topological polar surface area (TPSA) is 38.3 Å². The summed E-state index contributed by atoms with van der Waals surface area (Å²) in [6.45, 7) is -1.14. The number of ether oxygens (including phenoxy) is 1. The number of nitrogens with one attached hydrogen (secondary N) is 1. The molecule has 26 heavy (non-hydrogen) atoms. The first-order valence-corrected chi connectivity index (χ1v) is 7.76. The van der Waals surface area contributed by atoms with Gasteiger partial charge in [0.25, 0.3) is 0 Å². The maximum atomic E-state index is 12.8. The number of rotatable bonds is 7. The van der Waals surface area contributed by atoms with E-state index in [0.717, 1.165) is 5.56 Å². The van der Waals surface area contributed by atoms with Gasteiger partial charge in [0.2, 0.25) is 5.91 Å². The van der Waals surface area contributed by atoms with Gasteiger partial charge in [-0.2, -0.15) is 13.2 Å². The number of hydrogen-bond acceptors (Lipinski definition) is 2. The first-order chi connectivity index (χ1) is 12.3. The Morgan fingerprint density at radius 2 is 1.62 bits per heavy atom. The third-order valence-corrected chi connectivity index (χ3v) is 3.32. The molecular weight excluding hydrogens is 350 g/mol. The van der Waals surface area contributed by atoms with Crippen molar-refractivity contribution in [1.82, 2.24) is 5.32 Å². The van der Waals surface area contributed by atoms with Crippen LogP contribution in [-0.2, 0) is 22.7 Å². The van der Waals surface area contributed by atoms with E-state index in [1.165, 1.54) is 18.2 Å². The number of hydrogen-bond donors (Lipinski definition) is 1. The second-order valence-electron chi connectivity index (χ2n) is 5.53. The van der Waals surface area contributed by atoms with Crippen molar-refractivity contribution < 1.29 is 27.1 Å². The summed E-state index contributed by atoms with van der Waals surface area (Å²) in [4.78, 5) is 11.8. The Balaban J connectivity index is 1.76. The van der Waals surface area contributed by atoms with Crippen LogP contribution in [0.15, 0.2) is 54.6 Å². The Morgan fingerprint density at radius 1 is 1.00 bits per heavy atom. The van der Waals surface area contributed by atoms with Crippen LogP contribution in [0.25, 0.3) is 6.08 Å². The van der Waals surface area contributed by atoms with Gasteiger partial charge in [-0.3, -0.25) is 4.79 Å². The Morgan fingerprint density at radius 3 is 2.23 bits per heavy atom. The lowest BCUT2D eigenvalue weighted by molar-refractivity contribution is -0.176. The molecule has 1 N–H and O–H groups in total. The number of amides is 1. The molecule has 1 amide bonds. The highest BCUT2D eigenvalue weighted by Crippen LogP contribution is 2.15. The van der Waals surface area contributed by atoms with Gasteiger partial charge in [0.15, 0.2) is 0 Å². The molecule has 0 unspecified atom stereocenters. The first kappa shape index (κ1) is 19.7. The molecule has 2 aromatic carbocycles. The number of alkyl halides is 3. The standard InChI is InChI=1S/C19H17F4NO2/c20-17-8-5-14(6-9-17)7-10-18(25)24-11-15-1-3-16(4-2-15)12-26-13-19(21,22)23/h1-10H,11-13H2,(H,24,25)/b10-7+. The van der Waals surface area contributed by atoms with E-state index in [9.17, 15) is 22.4 Å². The van der Waals surface area contributed by atoms with Gasteiger partial charge >= 0.3 is 6.18 Å². The Kier molecular flexibility index (Phi) is 6.91. The van der Waals surface area contributed by atoms with E-state index in [1.807, 2.05) is 0 Å². The van der Waals surface area contributed by atoms with Gasteiger partial charge in [-0.05, 0) is 34.9 Å². The monoisotopic (exact) mass is 367 g/mol. The average molecular weight is 367 g/mol. The summed E-state index contributed by atoms with van der Waals surface area (Å²) in [7, 11) is 0. The van der Waals surface area contributed by atoms with Crippen molar-refractivity contribution in [3.63, 3.8) is 0 Å². The Labute approximate surface area is 148 Å². The molecule has 3 nitrogen and oxygen atoms in total. The van der Waals surface area contributed by atoms with Crippen LogP contribution in [0.2, 0.25) is 0 Å². The lowest BCUT2D eigenvalue weighted by Gasteiger charge is -2.08. The number of carbonyl (C=O) groups excluding carboxylic acids is 1. The van der Waals surface area contributed by atoms with E-state index in [-0.39, 0.29) is 24.9 Å². The fraction of sp³-hybridized carbons (Fsp3) is 0.211. The van der Waals surface area contributed by atoms with Crippen LogP contribution in [0.3, 0.4) is 0 Å². The normalized spacial score (nSPS) is 11.7. The van der Waals surface area contributed by atoms with Crippen molar-refractivity contribution in [3.8, 4) is 0 Å². The maximum Gasteiger partial charge on any atom is 0.411 e. The number of carbonyl (C=O) groups is 1. The fourth-order valence-electron chi connectivity index (χ4n) is 2.03. The van der Waals surface area contributed by atoms with Gasteiger partial charge in [0.05, 0.1) is 6.61 Å². The highest BCUT2D eigenvalue weighted by atomic mass is 19.4. The summed E-state index contributed by atoms with van der Waals surface area (Å²) in [5.41, 5.74) is 2.11. The van der Waals surface area contributed by atoms with Crippen molar-refractivity contribution in [1.29, 1.82) is 0 Å². The largest absolute Gasteiger partial charge is 0.411 e. The Hall–Kier alpha value is -2.67.